The van der Waals surface area contributed by atoms with E-state index in [1.165, 1.54) is 11.3 Å². The van der Waals surface area contributed by atoms with E-state index in [4.69, 9.17) is 14.5 Å². The number of anilines is 1. The largest absolute Gasteiger partial charge is 0.492 e. The van der Waals surface area contributed by atoms with Crippen molar-refractivity contribution in [3.8, 4) is 38.7 Å². The van der Waals surface area contributed by atoms with Gasteiger partial charge in [-0.05, 0) is 25.5 Å². The van der Waals surface area contributed by atoms with Crippen molar-refractivity contribution in [2.24, 2.45) is 0 Å². The van der Waals surface area contributed by atoms with Crippen molar-refractivity contribution in [1.82, 2.24) is 24.8 Å². The van der Waals surface area contributed by atoms with Crippen LogP contribution >= 0.6 is 11.3 Å². The molecule has 11 nitrogen and oxygen atoms in total. The van der Waals surface area contributed by atoms with Crippen LogP contribution in [0.5, 0.6) is 5.75 Å². The van der Waals surface area contributed by atoms with Crippen LogP contribution in [0.15, 0.2) is 71.1 Å². The maximum atomic E-state index is 13.7. The molecule has 12 heteroatoms. The van der Waals surface area contributed by atoms with Crippen LogP contribution in [-0.4, -0.2) is 76.6 Å². The molecule has 1 aliphatic heterocycles. The number of aliphatic hydroxyl groups is 1. The molecule has 3 N–H and O–H groups in total. The number of pyridine rings is 2. The first-order chi connectivity index (χ1) is 23.5. The maximum Gasteiger partial charge on any atom is 0.320 e. The molecule has 0 unspecified atom stereocenters. The number of morpholine rings is 1. The number of ether oxygens (including phenoxy) is 2. The van der Waals surface area contributed by atoms with E-state index in [1.54, 1.807) is 18.5 Å². The fourth-order valence-electron chi connectivity index (χ4n) is 5.83. The van der Waals surface area contributed by atoms with E-state index >= 15 is 0 Å². The van der Waals surface area contributed by atoms with Gasteiger partial charge in [0.2, 0.25) is 0 Å². The molecular weight excluding hydrogens is 629 g/mol. The molecule has 0 saturated carbocycles. The molecule has 250 valence electrons. The normalized spacial score (nSPS) is 13.5. The van der Waals surface area contributed by atoms with E-state index in [0.29, 0.717) is 66.6 Å². The van der Waals surface area contributed by atoms with Gasteiger partial charge in [-0.15, -0.1) is 11.3 Å². The Labute approximate surface area is 283 Å². The third-order valence-electron chi connectivity index (χ3n) is 8.24. The van der Waals surface area contributed by atoms with Crippen molar-refractivity contribution in [2.45, 2.75) is 33.4 Å². The Morgan fingerprint density at radius 1 is 1.06 bits per heavy atom. The zero-order valence-corrected chi connectivity index (χ0v) is 28.0. The highest BCUT2D eigenvalue weighted by molar-refractivity contribution is 7.13. The number of aliphatic hydroxyl groups excluding tert-OH is 1. The van der Waals surface area contributed by atoms with Crippen LogP contribution in [0, 0.1) is 0 Å². The molecule has 1 aliphatic rings. The Kier molecular flexibility index (Phi) is 10.8. The van der Waals surface area contributed by atoms with Gasteiger partial charge in [0.1, 0.15) is 23.2 Å². The van der Waals surface area contributed by atoms with Crippen molar-refractivity contribution in [3.05, 3.63) is 82.1 Å². The summed E-state index contributed by atoms with van der Waals surface area (Å²) in [6.45, 7) is 8.93. The number of carbonyl (C=O) groups is 1. The van der Waals surface area contributed by atoms with E-state index in [0.717, 1.165) is 53.4 Å². The van der Waals surface area contributed by atoms with Gasteiger partial charge in [-0.2, -0.15) is 0 Å². The summed E-state index contributed by atoms with van der Waals surface area (Å²) in [4.78, 5) is 38.1. The number of thiazole rings is 1. The van der Waals surface area contributed by atoms with Crippen molar-refractivity contribution < 1.29 is 19.4 Å². The number of hydrogen-bond donors (Lipinski definition) is 3. The minimum Gasteiger partial charge on any atom is -0.492 e. The maximum absolute atomic E-state index is 13.7. The molecule has 0 aliphatic carbocycles. The van der Waals surface area contributed by atoms with Gasteiger partial charge in [0.05, 0.1) is 31.0 Å². The number of nitrogens with one attached hydrogen (secondary N) is 2. The van der Waals surface area contributed by atoms with Crippen LogP contribution < -0.4 is 20.8 Å². The number of amides is 2. The number of carbonyl (C=O) groups excluding carboxylic acids is 1. The van der Waals surface area contributed by atoms with Gasteiger partial charge < -0.3 is 24.5 Å². The number of hydrogen-bond acceptors (Lipinski definition) is 9. The minimum absolute atomic E-state index is 0.231. The molecule has 2 aromatic carbocycles. The second kappa shape index (κ2) is 15.5. The summed E-state index contributed by atoms with van der Waals surface area (Å²) in [5.74, 6) is 0.962. The quantitative estimate of drug-likeness (QED) is 0.157. The molecule has 5 aromatic rings. The number of nitrogens with zero attached hydrogens (tertiary/aromatic N) is 4. The number of urea groups is 1. The van der Waals surface area contributed by atoms with Crippen molar-refractivity contribution in [1.29, 1.82) is 0 Å². The highest BCUT2D eigenvalue weighted by Crippen LogP contribution is 2.41. The lowest BCUT2D eigenvalue weighted by Crippen LogP contribution is -2.38. The van der Waals surface area contributed by atoms with Gasteiger partial charge in [0.25, 0.3) is 0 Å². The summed E-state index contributed by atoms with van der Waals surface area (Å²) >= 11 is 1.48. The summed E-state index contributed by atoms with van der Waals surface area (Å²) in [6.07, 6.45) is 4.28. The fraction of sp³-hybridized carbons (Fsp3) is 0.333. The first-order valence-electron chi connectivity index (χ1n) is 16.3. The molecule has 1 fully saturated rings. The van der Waals surface area contributed by atoms with E-state index in [2.05, 4.69) is 27.4 Å². The smallest absolute Gasteiger partial charge is 0.320 e. The standard InChI is InChI=1S/C36H40N6O5S/c1-3-10-42-21-25(22-43)34(44)28-17-26(32(19-31(28)42)47-16-13-41-11-14-46-15-12-41)29-20-38-33(40-36(45)37-4-2)18-27(29)35-39-30(23-48-35)24-8-6-5-7-9-24/h5-9,17-21,23,43H,3-4,10-16,22H2,1-2H3,(H2,37,38,40,45). The second-order valence-electron chi connectivity index (χ2n) is 11.5. The Balaban J connectivity index is 1.51. The molecule has 0 radical (unpaired) electrons. The van der Waals surface area contributed by atoms with Crippen LogP contribution in [0.2, 0.25) is 0 Å². The Morgan fingerprint density at radius 3 is 2.62 bits per heavy atom. The van der Waals surface area contributed by atoms with Gasteiger partial charge >= 0.3 is 6.03 Å². The van der Waals surface area contributed by atoms with Gasteiger partial charge in [0.15, 0.2) is 5.43 Å². The summed E-state index contributed by atoms with van der Waals surface area (Å²) in [7, 11) is 0. The summed E-state index contributed by atoms with van der Waals surface area (Å²) < 4.78 is 14.1. The van der Waals surface area contributed by atoms with Crippen LogP contribution in [-0.2, 0) is 17.9 Å². The molecule has 3 aromatic heterocycles. The highest BCUT2D eigenvalue weighted by atomic mass is 32.1. The highest BCUT2D eigenvalue weighted by Gasteiger charge is 2.21. The van der Waals surface area contributed by atoms with Crippen molar-refractivity contribution in [3.63, 3.8) is 0 Å². The number of rotatable bonds is 12. The molecule has 0 bridgehead atoms. The Morgan fingerprint density at radius 2 is 1.88 bits per heavy atom. The molecule has 2 amide bonds. The van der Waals surface area contributed by atoms with E-state index in [1.807, 2.05) is 59.3 Å². The molecular formula is C36H40N6O5S. The summed E-state index contributed by atoms with van der Waals surface area (Å²) in [5, 5.41) is 18.8. The number of benzene rings is 2. The molecule has 0 atom stereocenters. The zero-order chi connectivity index (χ0) is 33.5. The van der Waals surface area contributed by atoms with Gasteiger partial charge in [-0.1, -0.05) is 37.3 Å². The monoisotopic (exact) mass is 668 g/mol. The Bertz CT molecular complexity index is 1940. The lowest BCUT2D eigenvalue weighted by atomic mass is 9.98. The number of aromatic nitrogens is 3. The molecule has 6 rings (SSSR count). The van der Waals surface area contributed by atoms with Gasteiger partial charge in [0, 0.05) is 89.8 Å². The van der Waals surface area contributed by atoms with Crippen LogP contribution in [0.4, 0.5) is 10.6 Å². The lowest BCUT2D eigenvalue weighted by Gasteiger charge is -2.26. The first-order valence-corrected chi connectivity index (χ1v) is 17.2. The first kappa shape index (κ1) is 33.3. The SMILES string of the molecule is CCCn1cc(CO)c(=O)c2cc(-c3cnc(NC(=O)NCC)cc3-c3nc(-c4ccccc4)cs3)c(OCCN3CCOCC3)cc21. The molecule has 48 heavy (non-hydrogen) atoms. The number of fused-ring (bicyclic) bond motifs is 1. The van der Waals surface area contributed by atoms with E-state index in [9.17, 15) is 14.7 Å². The molecule has 0 spiro atoms. The predicted molar refractivity (Wildman–Crippen MR) is 190 cm³/mol. The van der Waals surface area contributed by atoms with Crippen molar-refractivity contribution in [2.75, 3.05) is 51.3 Å². The summed E-state index contributed by atoms with van der Waals surface area (Å²) in [5.41, 5.74) is 4.74. The topological polar surface area (TPSA) is 131 Å². The third kappa shape index (κ3) is 7.42. The zero-order valence-electron chi connectivity index (χ0n) is 27.2. The Hall–Kier alpha value is -4.62. The van der Waals surface area contributed by atoms with Gasteiger partial charge in [-0.3, -0.25) is 15.0 Å². The van der Waals surface area contributed by atoms with Crippen LogP contribution in [0.1, 0.15) is 25.8 Å². The lowest BCUT2D eigenvalue weighted by molar-refractivity contribution is 0.0323. The van der Waals surface area contributed by atoms with Crippen LogP contribution in [0.3, 0.4) is 0 Å². The van der Waals surface area contributed by atoms with Crippen molar-refractivity contribution >= 4 is 34.1 Å². The van der Waals surface area contributed by atoms with E-state index in [-0.39, 0.29) is 18.1 Å². The molecule has 1 saturated heterocycles. The second-order valence-corrected chi connectivity index (χ2v) is 12.4. The predicted octanol–water partition coefficient (Wildman–Crippen LogP) is 5.61. The average molecular weight is 669 g/mol. The van der Waals surface area contributed by atoms with Gasteiger partial charge in [-0.25, -0.2) is 14.8 Å². The molecule has 4 heterocycles. The fourth-order valence-corrected chi connectivity index (χ4v) is 6.69. The van der Waals surface area contributed by atoms with E-state index < -0.39 is 0 Å². The summed E-state index contributed by atoms with van der Waals surface area (Å²) in [6, 6.07) is 15.1. The average Bonchev–Trinajstić information content (AvgIpc) is 3.61. The number of aryl methyl sites for hydroxylation is 1. The van der Waals surface area contributed by atoms with Crippen LogP contribution in [0.25, 0.3) is 43.9 Å². The minimum atomic E-state index is -0.362. The third-order valence-corrected chi connectivity index (χ3v) is 9.11.